The second-order valence-electron chi connectivity index (χ2n) is 8.06. The van der Waals surface area contributed by atoms with E-state index in [1.54, 1.807) is 6.20 Å². The molecule has 0 bridgehead atoms. The highest BCUT2D eigenvalue weighted by Crippen LogP contribution is 2.32. The van der Waals surface area contributed by atoms with Gasteiger partial charge in [0.1, 0.15) is 16.5 Å². The fourth-order valence-corrected chi connectivity index (χ4v) is 5.07. The largest absolute Gasteiger partial charge is 0.466 e. The van der Waals surface area contributed by atoms with Crippen LogP contribution in [0.2, 0.25) is 10.0 Å². The summed E-state index contributed by atoms with van der Waals surface area (Å²) in [5.74, 6) is 0.345. The molecule has 0 spiro atoms. The van der Waals surface area contributed by atoms with Crippen molar-refractivity contribution in [3.8, 4) is 11.3 Å². The Morgan fingerprint density at radius 1 is 1.15 bits per heavy atom. The summed E-state index contributed by atoms with van der Waals surface area (Å²) in [6.07, 6.45) is 4.68. The Hall–Kier alpha value is -2.55. The zero-order valence-electron chi connectivity index (χ0n) is 18.9. The number of aromatic nitrogens is 3. The average Bonchev–Trinajstić information content (AvgIpc) is 3.31. The van der Waals surface area contributed by atoms with Crippen molar-refractivity contribution in [2.75, 3.05) is 24.6 Å². The number of esters is 1. The fourth-order valence-electron chi connectivity index (χ4n) is 3.78. The van der Waals surface area contributed by atoms with Crippen LogP contribution in [0, 0.1) is 12.8 Å². The number of carbonyl (C=O) groups excluding carboxylic acids is 2. The van der Waals surface area contributed by atoms with Gasteiger partial charge in [0.15, 0.2) is 5.78 Å². The molecule has 3 aromatic rings. The van der Waals surface area contributed by atoms with Crippen LogP contribution in [0.3, 0.4) is 0 Å². The molecule has 1 saturated heterocycles. The van der Waals surface area contributed by atoms with Gasteiger partial charge in [0.05, 0.1) is 37.0 Å². The van der Waals surface area contributed by atoms with E-state index in [1.807, 2.05) is 31.4 Å². The van der Waals surface area contributed by atoms with Crippen LogP contribution in [0.4, 0.5) is 5.82 Å². The molecule has 34 heavy (non-hydrogen) atoms. The number of piperidine rings is 1. The predicted molar refractivity (Wildman–Crippen MR) is 134 cm³/mol. The van der Waals surface area contributed by atoms with Crippen LogP contribution in [0.1, 0.15) is 40.8 Å². The van der Waals surface area contributed by atoms with Crippen molar-refractivity contribution in [2.45, 2.75) is 33.1 Å². The lowest BCUT2D eigenvalue weighted by Gasteiger charge is -2.31. The van der Waals surface area contributed by atoms with E-state index in [0.717, 1.165) is 16.8 Å². The number of rotatable bonds is 7. The van der Waals surface area contributed by atoms with Gasteiger partial charge in [0.2, 0.25) is 0 Å². The van der Waals surface area contributed by atoms with Crippen LogP contribution < -0.4 is 4.90 Å². The maximum Gasteiger partial charge on any atom is 0.309 e. The maximum absolute atomic E-state index is 12.7. The summed E-state index contributed by atoms with van der Waals surface area (Å²) in [6, 6.07) is 3.65. The van der Waals surface area contributed by atoms with E-state index < -0.39 is 0 Å². The van der Waals surface area contributed by atoms with Crippen LogP contribution in [0.25, 0.3) is 11.3 Å². The van der Waals surface area contributed by atoms with Crippen molar-refractivity contribution in [3.05, 3.63) is 56.2 Å². The minimum Gasteiger partial charge on any atom is -0.466 e. The van der Waals surface area contributed by atoms with Crippen molar-refractivity contribution in [1.29, 1.82) is 0 Å². The van der Waals surface area contributed by atoms with Gasteiger partial charge in [-0.25, -0.2) is 15.0 Å². The summed E-state index contributed by atoms with van der Waals surface area (Å²) < 4.78 is 5.12. The molecule has 0 saturated carbocycles. The topological polar surface area (TPSA) is 85.3 Å². The molecule has 7 nitrogen and oxygen atoms in total. The number of Topliss-reactive ketones (excluding diaryl/α,β-unsaturated/α-hetero) is 1. The van der Waals surface area contributed by atoms with E-state index in [1.165, 1.54) is 17.5 Å². The second kappa shape index (κ2) is 10.8. The van der Waals surface area contributed by atoms with Gasteiger partial charge < -0.3 is 9.64 Å². The lowest BCUT2D eigenvalue weighted by Crippen LogP contribution is -2.37. The molecule has 1 aliphatic heterocycles. The van der Waals surface area contributed by atoms with Gasteiger partial charge in [0, 0.05) is 34.1 Å². The van der Waals surface area contributed by atoms with Crippen LogP contribution >= 0.6 is 34.5 Å². The van der Waals surface area contributed by atoms with Gasteiger partial charge in [-0.15, -0.1) is 11.3 Å². The van der Waals surface area contributed by atoms with Gasteiger partial charge in [-0.3, -0.25) is 9.59 Å². The highest BCUT2D eigenvalue weighted by Gasteiger charge is 2.26. The first-order chi connectivity index (χ1) is 16.4. The zero-order chi connectivity index (χ0) is 24.2. The number of ketones is 1. The third-order valence-electron chi connectivity index (χ3n) is 5.80. The van der Waals surface area contributed by atoms with Crippen LogP contribution in [0.15, 0.2) is 29.9 Å². The van der Waals surface area contributed by atoms with Crippen molar-refractivity contribution >= 4 is 52.1 Å². The number of halogens is 2. The Balaban J connectivity index is 1.36. The van der Waals surface area contributed by atoms with Gasteiger partial charge in [0.25, 0.3) is 0 Å². The first-order valence-electron chi connectivity index (χ1n) is 11.0. The molecule has 10 heteroatoms. The summed E-state index contributed by atoms with van der Waals surface area (Å²) >= 11 is 13.9. The molecule has 178 valence electrons. The lowest BCUT2D eigenvalue weighted by molar-refractivity contribution is -0.148. The molecule has 1 aliphatic rings. The summed E-state index contributed by atoms with van der Waals surface area (Å²) in [7, 11) is 0. The molecule has 0 N–H and O–H groups in total. The average molecular weight is 519 g/mol. The van der Waals surface area contributed by atoms with Crippen LogP contribution in [-0.2, 0) is 16.0 Å². The molecule has 1 aromatic carbocycles. The number of hydrogen-bond acceptors (Lipinski definition) is 8. The number of benzene rings is 1. The van der Waals surface area contributed by atoms with Crippen molar-refractivity contribution in [2.24, 2.45) is 5.92 Å². The highest BCUT2D eigenvalue weighted by atomic mass is 35.5. The summed E-state index contributed by atoms with van der Waals surface area (Å²) in [6.45, 7) is 5.46. The molecule has 0 aliphatic carbocycles. The Kier molecular flexibility index (Phi) is 7.80. The van der Waals surface area contributed by atoms with Gasteiger partial charge in [-0.1, -0.05) is 23.2 Å². The monoisotopic (exact) mass is 518 g/mol. The number of carbonyl (C=O) groups is 2. The Bertz CT molecular complexity index is 1170. The standard InChI is InChI=1S/C24H24Cl2N4O3S/c1-3-33-24(32)15-4-6-30(7-5-15)22-12-27-19(11-28-22)21(31)10-23-29-20(13-34-23)16-8-17(25)14(2)18(26)9-16/h8-9,11-13,15H,3-7,10H2,1-2H3. The van der Waals surface area contributed by atoms with E-state index in [2.05, 4.69) is 19.9 Å². The second-order valence-corrected chi connectivity index (χ2v) is 9.82. The number of thiazole rings is 1. The number of hydrogen-bond donors (Lipinski definition) is 0. The predicted octanol–water partition coefficient (Wildman–Crippen LogP) is 5.42. The highest BCUT2D eigenvalue weighted by molar-refractivity contribution is 7.10. The van der Waals surface area contributed by atoms with E-state index in [0.29, 0.717) is 59.1 Å². The van der Waals surface area contributed by atoms with Crippen molar-refractivity contribution < 1.29 is 14.3 Å². The van der Waals surface area contributed by atoms with E-state index in [9.17, 15) is 9.59 Å². The first-order valence-corrected chi connectivity index (χ1v) is 12.7. The lowest BCUT2D eigenvalue weighted by atomic mass is 9.97. The molecular formula is C24H24Cl2N4O3S. The molecule has 4 rings (SSSR count). The molecule has 0 atom stereocenters. The SMILES string of the molecule is CCOC(=O)C1CCN(c2cnc(C(=O)Cc3nc(-c4cc(Cl)c(C)c(Cl)c4)cs3)cn2)CC1. The third-order valence-corrected chi connectivity index (χ3v) is 7.44. The summed E-state index contributed by atoms with van der Waals surface area (Å²) in [5.41, 5.74) is 2.65. The van der Waals surface area contributed by atoms with E-state index >= 15 is 0 Å². The van der Waals surface area contributed by atoms with Crippen molar-refractivity contribution in [1.82, 2.24) is 15.0 Å². The number of anilines is 1. The maximum atomic E-state index is 12.7. The van der Waals surface area contributed by atoms with Gasteiger partial charge >= 0.3 is 5.97 Å². The molecule has 3 heterocycles. The Labute approximate surface area is 212 Å². The first kappa shape index (κ1) is 24.6. The van der Waals surface area contributed by atoms with Crippen LogP contribution in [0.5, 0.6) is 0 Å². The molecule has 0 radical (unpaired) electrons. The number of ether oxygens (including phenoxy) is 1. The van der Waals surface area contributed by atoms with Crippen LogP contribution in [-0.4, -0.2) is 46.4 Å². The summed E-state index contributed by atoms with van der Waals surface area (Å²) in [5, 5.41) is 3.72. The molecular weight excluding hydrogens is 495 g/mol. The minimum absolute atomic E-state index is 0.0693. The number of nitrogens with zero attached hydrogens (tertiary/aromatic N) is 4. The molecule has 1 fully saturated rings. The zero-order valence-corrected chi connectivity index (χ0v) is 21.2. The van der Waals surface area contributed by atoms with Crippen molar-refractivity contribution in [3.63, 3.8) is 0 Å². The van der Waals surface area contributed by atoms with Gasteiger partial charge in [-0.05, 0) is 44.4 Å². The fraction of sp³-hybridized carbons (Fsp3) is 0.375. The minimum atomic E-state index is -0.152. The van der Waals surface area contributed by atoms with E-state index in [4.69, 9.17) is 27.9 Å². The normalized spacial score (nSPS) is 14.3. The van der Waals surface area contributed by atoms with E-state index in [-0.39, 0.29) is 24.1 Å². The summed E-state index contributed by atoms with van der Waals surface area (Å²) in [4.78, 5) is 40.1. The molecule has 0 unspecified atom stereocenters. The quantitative estimate of drug-likeness (QED) is 0.304. The third kappa shape index (κ3) is 5.56. The van der Waals surface area contributed by atoms with Gasteiger partial charge in [-0.2, -0.15) is 0 Å². The smallest absolute Gasteiger partial charge is 0.309 e. The molecule has 2 aromatic heterocycles. The Morgan fingerprint density at radius 3 is 2.47 bits per heavy atom. The Morgan fingerprint density at radius 2 is 1.85 bits per heavy atom. The molecule has 0 amide bonds.